The van der Waals surface area contributed by atoms with E-state index in [-0.39, 0.29) is 11.5 Å². The van der Waals surface area contributed by atoms with Crippen molar-refractivity contribution in [3.63, 3.8) is 0 Å². The van der Waals surface area contributed by atoms with E-state index in [1.54, 1.807) is 30.3 Å². The lowest BCUT2D eigenvalue weighted by molar-refractivity contribution is -0.149. The summed E-state index contributed by atoms with van der Waals surface area (Å²) in [6, 6.07) is 8.50. The highest BCUT2D eigenvalue weighted by Crippen LogP contribution is 2.10. The molecule has 2 N–H and O–H groups in total. The minimum atomic E-state index is -0.900. The lowest BCUT2D eigenvalue weighted by Gasteiger charge is -2.16. The molecule has 8 nitrogen and oxygen atoms in total. The van der Waals surface area contributed by atoms with Crippen LogP contribution in [0.4, 0.5) is 5.69 Å². The van der Waals surface area contributed by atoms with Crippen molar-refractivity contribution >= 4 is 41.0 Å². The van der Waals surface area contributed by atoms with Crippen LogP contribution in [0, 0.1) is 0 Å². The van der Waals surface area contributed by atoms with Gasteiger partial charge in [0.05, 0.1) is 6.26 Å². The number of esters is 1. The highest BCUT2D eigenvalue weighted by atomic mass is 32.2. The van der Waals surface area contributed by atoms with Crippen molar-refractivity contribution in [2.75, 3.05) is 23.9 Å². The Balaban J connectivity index is 1.88. The molecule has 2 rings (SSSR count). The molecule has 0 saturated carbocycles. The van der Waals surface area contributed by atoms with Crippen LogP contribution in [0.3, 0.4) is 0 Å². The van der Waals surface area contributed by atoms with Gasteiger partial charge in [-0.05, 0) is 61.8 Å². The third kappa shape index (κ3) is 7.11. The van der Waals surface area contributed by atoms with Crippen molar-refractivity contribution in [1.29, 1.82) is 0 Å². The summed E-state index contributed by atoms with van der Waals surface area (Å²) in [4.78, 5) is 47.7. The van der Waals surface area contributed by atoms with E-state index in [9.17, 15) is 19.2 Å². The van der Waals surface area contributed by atoms with E-state index in [1.807, 2.05) is 6.26 Å². The summed E-state index contributed by atoms with van der Waals surface area (Å²) in [5, 5.41) is 5.13. The molecule has 0 spiro atoms. The van der Waals surface area contributed by atoms with Gasteiger partial charge >= 0.3 is 5.97 Å². The predicted octanol–water partition coefficient (Wildman–Crippen LogP) is 2.52. The fourth-order valence-electron chi connectivity index (χ4n) is 2.34. The van der Waals surface area contributed by atoms with Crippen molar-refractivity contribution in [1.82, 2.24) is 5.32 Å². The Morgan fingerprint density at radius 2 is 1.86 bits per heavy atom. The van der Waals surface area contributed by atoms with E-state index in [2.05, 4.69) is 10.6 Å². The first-order valence-electron chi connectivity index (χ1n) is 8.81. The van der Waals surface area contributed by atoms with Crippen LogP contribution in [0.5, 0.6) is 0 Å². The second-order valence-electron chi connectivity index (χ2n) is 6.07. The number of ether oxygens (including phenoxy) is 1. The Labute approximate surface area is 172 Å². The number of hydrogen-bond acceptors (Lipinski definition) is 7. The molecular weight excluding hydrogens is 396 g/mol. The molecule has 0 aliphatic rings. The van der Waals surface area contributed by atoms with Gasteiger partial charge in [0.15, 0.2) is 18.2 Å². The van der Waals surface area contributed by atoms with Gasteiger partial charge in [-0.1, -0.05) is 0 Å². The fourth-order valence-corrected chi connectivity index (χ4v) is 2.82. The second kappa shape index (κ2) is 11.1. The zero-order valence-corrected chi connectivity index (χ0v) is 16.9. The van der Waals surface area contributed by atoms with E-state index in [0.717, 1.165) is 0 Å². The maximum absolute atomic E-state index is 12.3. The number of nitrogens with one attached hydrogen (secondary N) is 2. The molecule has 0 bridgehead atoms. The third-order valence-corrected chi connectivity index (χ3v) is 4.51. The minimum absolute atomic E-state index is 0.0790. The Bertz CT molecular complexity index is 848. The van der Waals surface area contributed by atoms with E-state index in [0.29, 0.717) is 23.4 Å². The molecule has 1 heterocycles. The normalized spacial score (nSPS) is 11.4. The van der Waals surface area contributed by atoms with Crippen molar-refractivity contribution in [3.8, 4) is 0 Å². The quantitative estimate of drug-likeness (QED) is 0.450. The lowest BCUT2D eigenvalue weighted by Crippen LogP contribution is -2.43. The molecule has 0 fully saturated rings. The van der Waals surface area contributed by atoms with Crippen LogP contribution in [0.1, 0.15) is 34.3 Å². The van der Waals surface area contributed by atoms with Gasteiger partial charge in [0.2, 0.25) is 0 Å². The first-order chi connectivity index (χ1) is 13.9. The van der Waals surface area contributed by atoms with Crippen LogP contribution in [0.15, 0.2) is 47.1 Å². The van der Waals surface area contributed by atoms with Crippen LogP contribution in [0.25, 0.3) is 0 Å². The smallest absolute Gasteiger partial charge is 0.329 e. The van der Waals surface area contributed by atoms with E-state index >= 15 is 0 Å². The number of ketones is 1. The van der Waals surface area contributed by atoms with Crippen LogP contribution in [-0.2, 0) is 14.3 Å². The highest BCUT2D eigenvalue weighted by molar-refractivity contribution is 7.98. The zero-order chi connectivity index (χ0) is 21.2. The summed E-state index contributed by atoms with van der Waals surface area (Å²) in [6.45, 7) is 0.949. The third-order valence-electron chi connectivity index (χ3n) is 3.87. The van der Waals surface area contributed by atoms with E-state index in [4.69, 9.17) is 9.15 Å². The van der Waals surface area contributed by atoms with Gasteiger partial charge in [-0.2, -0.15) is 11.8 Å². The largest absolute Gasteiger partial charge is 0.459 e. The molecule has 0 aliphatic heterocycles. The van der Waals surface area contributed by atoms with Gasteiger partial charge in [0.1, 0.15) is 6.04 Å². The molecule has 1 aromatic carbocycles. The molecule has 0 unspecified atom stereocenters. The average Bonchev–Trinajstić information content (AvgIpc) is 3.24. The molecule has 0 radical (unpaired) electrons. The topological polar surface area (TPSA) is 115 Å². The van der Waals surface area contributed by atoms with Crippen LogP contribution >= 0.6 is 11.8 Å². The number of benzene rings is 1. The standard InChI is InChI=1S/C20H22N2O6S/c1-13(23)14-5-7-15(8-6-14)21-18(24)12-28-20(26)16(9-11-29-2)22-19(25)17-4-3-10-27-17/h3-8,10,16H,9,11-12H2,1-2H3,(H,21,24)(H,22,25)/t16-/m1/s1. The molecule has 154 valence electrons. The first-order valence-corrected chi connectivity index (χ1v) is 10.2. The van der Waals surface area contributed by atoms with Crippen LogP contribution in [0.2, 0.25) is 0 Å². The maximum atomic E-state index is 12.3. The number of amides is 2. The van der Waals surface area contributed by atoms with Gasteiger partial charge in [-0.3, -0.25) is 14.4 Å². The number of rotatable bonds is 10. The summed E-state index contributed by atoms with van der Waals surface area (Å²) in [5.74, 6) is -1.15. The van der Waals surface area contributed by atoms with E-state index < -0.39 is 30.4 Å². The number of furan rings is 1. The molecule has 2 amide bonds. The second-order valence-corrected chi connectivity index (χ2v) is 7.06. The average molecular weight is 418 g/mol. The molecule has 9 heteroatoms. The first kappa shape index (κ1) is 22.2. The number of Topliss-reactive ketones (excluding diaryl/α,β-unsaturated/α-hetero) is 1. The van der Waals surface area contributed by atoms with E-state index in [1.165, 1.54) is 31.0 Å². The number of hydrogen-bond donors (Lipinski definition) is 2. The monoisotopic (exact) mass is 418 g/mol. The number of carbonyl (C=O) groups is 4. The van der Waals surface area contributed by atoms with Crippen LogP contribution in [-0.4, -0.2) is 48.2 Å². The molecule has 0 aliphatic carbocycles. The molecule has 2 aromatic rings. The van der Waals surface area contributed by atoms with Crippen molar-refractivity contribution < 1.29 is 28.3 Å². The number of thioether (sulfide) groups is 1. The SMILES string of the molecule is CSCC[C@@H](NC(=O)c1ccco1)C(=O)OCC(=O)Nc1ccc(C(C)=O)cc1. The Hall–Kier alpha value is -3.07. The zero-order valence-electron chi connectivity index (χ0n) is 16.1. The summed E-state index contributed by atoms with van der Waals surface area (Å²) in [5.41, 5.74) is 1.000. The summed E-state index contributed by atoms with van der Waals surface area (Å²) in [7, 11) is 0. The lowest BCUT2D eigenvalue weighted by atomic mass is 10.1. The van der Waals surface area contributed by atoms with Gasteiger partial charge in [0.25, 0.3) is 11.8 Å². The summed E-state index contributed by atoms with van der Waals surface area (Å²) < 4.78 is 10.1. The molecule has 0 saturated heterocycles. The van der Waals surface area contributed by atoms with Crippen molar-refractivity contribution in [2.45, 2.75) is 19.4 Å². The van der Waals surface area contributed by atoms with Crippen molar-refractivity contribution in [3.05, 3.63) is 54.0 Å². The van der Waals surface area contributed by atoms with Gasteiger partial charge < -0.3 is 19.8 Å². The summed E-state index contributed by atoms with van der Waals surface area (Å²) in [6.07, 6.45) is 3.58. The molecule has 29 heavy (non-hydrogen) atoms. The van der Waals surface area contributed by atoms with Gasteiger partial charge in [0, 0.05) is 11.3 Å². The fraction of sp³-hybridized carbons (Fsp3) is 0.300. The molecule has 1 aromatic heterocycles. The van der Waals surface area contributed by atoms with Crippen molar-refractivity contribution in [2.24, 2.45) is 0 Å². The Kier molecular flexibility index (Phi) is 8.47. The number of anilines is 1. The number of carbonyl (C=O) groups excluding carboxylic acids is 4. The predicted molar refractivity (Wildman–Crippen MR) is 109 cm³/mol. The molecular formula is C20H22N2O6S. The van der Waals surface area contributed by atoms with Gasteiger partial charge in [-0.15, -0.1) is 0 Å². The maximum Gasteiger partial charge on any atom is 0.329 e. The summed E-state index contributed by atoms with van der Waals surface area (Å²) >= 11 is 1.52. The Morgan fingerprint density at radius 3 is 2.45 bits per heavy atom. The molecule has 1 atom stereocenters. The van der Waals surface area contributed by atoms with Crippen LogP contribution < -0.4 is 10.6 Å². The Morgan fingerprint density at radius 1 is 1.14 bits per heavy atom. The van der Waals surface area contributed by atoms with Gasteiger partial charge in [-0.25, -0.2) is 4.79 Å². The minimum Gasteiger partial charge on any atom is -0.459 e. The highest BCUT2D eigenvalue weighted by Gasteiger charge is 2.24.